The summed E-state index contributed by atoms with van der Waals surface area (Å²) in [7, 11) is 2.14. The van der Waals surface area contributed by atoms with Crippen LogP contribution in [0.4, 0.5) is 0 Å². The fraction of sp³-hybridized carbons (Fsp3) is 1.00. The number of nitrogens with two attached hydrogens (primary N) is 1. The van der Waals surface area contributed by atoms with Crippen molar-refractivity contribution in [1.82, 2.24) is 4.90 Å². The average Bonchev–Trinajstić information content (AvgIpc) is 1.87. The molecule has 0 rings (SSSR count). The van der Waals surface area contributed by atoms with Crippen LogP contribution in [0.25, 0.3) is 0 Å². The highest BCUT2D eigenvalue weighted by Gasteiger charge is 2.09. The molecule has 10 heavy (non-hydrogen) atoms. The summed E-state index contributed by atoms with van der Waals surface area (Å²) >= 11 is 0. The molecular formula is C8H20N2. The third kappa shape index (κ3) is 3.18. The van der Waals surface area contributed by atoms with Gasteiger partial charge in [-0.05, 0) is 40.8 Å². The molecule has 0 aliphatic heterocycles. The number of hydrogen-bond acceptors (Lipinski definition) is 2. The highest BCUT2D eigenvalue weighted by Crippen LogP contribution is 2.03. The molecule has 2 N–H and O–H groups in total. The van der Waals surface area contributed by atoms with E-state index in [1.54, 1.807) is 0 Å². The van der Waals surface area contributed by atoms with Crippen LogP contribution in [0.5, 0.6) is 0 Å². The molecule has 0 amide bonds. The fourth-order valence-electron chi connectivity index (χ4n) is 0.954. The zero-order valence-corrected chi connectivity index (χ0v) is 7.59. The second-order valence-corrected chi connectivity index (χ2v) is 3.19. The molecule has 0 aliphatic carbocycles. The van der Waals surface area contributed by atoms with E-state index in [-0.39, 0.29) is 0 Å². The van der Waals surface area contributed by atoms with Gasteiger partial charge < -0.3 is 10.6 Å². The Morgan fingerprint density at radius 2 is 1.80 bits per heavy atom. The first-order chi connectivity index (χ1) is 4.59. The maximum absolute atomic E-state index is 5.44. The molecule has 0 aromatic carbocycles. The molecule has 0 fully saturated rings. The number of nitrogens with zero attached hydrogens (tertiary/aromatic N) is 1. The Kier molecular flexibility index (Phi) is 4.65. The molecule has 0 aliphatic rings. The maximum atomic E-state index is 5.44. The lowest BCUT2D eigenvalue weighted by molar-refractivity contribution is 0.201. The van der Waals surface area contributed by atoms with Crippen molar-refractivity contribution in [3.63, 3.8) is 0 Å². The van der Waals surface area contributed by atoms with E-state index in [4.69, 9.17) is 5.73 Å². The van der Waals surface area contributed by atoms with Gasteiger partial charge in [-0.25, -0.2) is 0 Å². The number of hydrogen-bond donors (Lipinski definition) is 1. The van der Waals surface area contributed by atoms with E-state index in [9.17, 15) is 0 Å². The van der Waals surface area contributed by atoms with E-state index in [1.807, 2.05) is 0 Å². The van der Waals surface area contributed by atoms with Crippen LogP contribution in [0.15, 0.2) is 0 Å². The van der Waals surface area contributed by atoms with E-state index in [2.05, 4.69) is 32.7 Å². The largest absolute Gasteiger partial charge is 0.330 e. The van der Waals surface area contributed by atoms with Crippen molar-refractivity contribution in [1.29, 1.82) is 0 Å². The quantitative estimate of drug-likeness (QED) is 0.639. The lowest BCUT2D eigenvalue weighted by atomic mass is 10.2. The molecule has 2 heteroatoms. The number of rotatable bonds is 4. The third-order valence-corrected chi connectivity index (χ3v) is 2.09. The van der Waals surface area contributed by atoms with E-state index in [0.29, 0.717) is 12.1 Å². The van der Waals surface area contributed by atoms with Gasteiger partial charge in [-0.15, -0.1) is 0 Å². The molecule has 0 spiro atoms. The summed E-state index contributed by atoms with van der Waals surface area (Å²) in [5, 5.41) is 0. The Bertz CT molecular complexity index is 81.3. The zero-order valence-electron chi connectivity index (χ0n) is 7.59. The summed E-state index contributed by atoms with van der Waals surface area (Å²) in [6.45, 7) is 7.41. The van der Waals surface area contributed by atoms with Crippen LogP contribution >= 0.6 is 0 Å². The van der Waals surface area contributed by atoms with Crippen molar-refractivity contribution in [3.8, 4) is 0 Å². The summed E-state index contributed by atoms with van der Waals surface area (Å²) in [6, 6.07) is 1.24. The summed E-state index contributed by atoms with van der Waals surface area (Å²) < 4.78 is 0. The molecule has 0 saturated heterocycles. The van der Waals surface area contributed by atoms with Crippen LogP contribution in [0.2, 0.25) is 0 Å². The van der Waals surface area contributed by atoms with E-state index < -0.39 is 0 Å². The van der Waals surface area contributed by atoms with Gasteiger partial charge in [0.15, 0.2) is 0 Å². The molecule has 0 bridgehead atoms. The highest BCUT2D eigenvalue weighted by atomic mass is 15.1. The minimum Gasteiger partial charge on any atom is -0.330 e. The molecule has 1 unspecified atom stereocenters. The first-order valence-electron chi connectivity index (χ1n) is 4.01. The topological polar surface area (TPSA) is 29.3 Å². The zero-order chi connectivity index (χ0) is 8.15. The fourth-order valence-corrected chi connectivity index (χ4v) is 0.954. The third-order valence-electron chi connectivity index (χ3n) is 2.09. The molecule has 62 valence electrons. The highest BCUT2D eigenvalue weighted by molar-refractivity contribution is 4.66. The van der Waals surface area contributed by atoms with Crippen molar-refractivity contribution < 1.29 is 0 Å². The molecule has 0 aromatic heterocycles. The van der Waals surface area contributed by atoms with Gasteiger partial charge in [-0.3, -0.25) is 0 Å². The van der Waals surface area contributed by atoms with Gasteiger partial charge in [-0.1, -0.05) is 0 Å². The van der Waals surface area contributed by atoms with Crippen LogP contribution in [-0.2, 0) is 0 Å². The van der Waals surface area contributed by atoms with Crippen LogP contribution in [0.3, 0.4) is 0 Å². The van der Waals surface area contributed by atoms with Crippen LogP contribution < -0.4 is 5.73 Å². The van der Waals surface area contributed by atoms with Crippen LogP contribution in [-0.4, -0.2) is 30.6 Å². The Morgan fingerprint density at radius 1 is 1.30 bits per heavy atom. The Balaban J connectivity index is 3.58. The Labute approximate surface area is 64.4 Å². The molecule has 0 saturated carbocycles. The van der Waals surface area contributed by atoms with Gasteiger partial charge in [0.2, 0.25) is 0 Å². The maximum Gasteiger partial charge on any atom is 0.00785 e. The summed E-state index contributed by atoms with van der Waals surface area (Å²) in [5.74, 6) is 0. The van der Waals surface area contributed by atoms with Gasteiger partial charge in [0, 0.05) is 12.1 Å². The van der Waals surface area contributed by atoms with E-state index in [0.717, 1.165) is 13.0 Å². The van der Waals surface area contributed by atoms with Gasteiger partial charge in [-0.2, -0.15) is 0 Å². The van der Waals surface area contributed by atoms with Crippen molar-refractivity contribution >= 4 is 0 Å². The van der Waals surface area contributed by atoms with Gasteiger partial charge >= 0.3 is 0 Å². The lowest BCUT2D eigenvalue weighted by Gasteiger charge is -2.27. The molecule has 2 nitrogen and oxygen atoms in total. The Morgan fingerprint density at radius 3 is 2.10 bits per heavy atom. The predicted molar refractivity (Wildman–Crippen MR) is 46.0 cm³/mol. The minimum atomic E-state index is 0.616. The van der Waals surface area contributed by atoms with Crippen molar-refractivity contribution in [3.05, 3.63) is 0 Å². The second-order valence-electron chi connectivity index (χ2n) is 3.19. The van der Waals surface area contributed by atoms with Crippen LogP contribution in [0.1, 0.15) is 27.2 Å². The monoisotopic (exact) mass is 144 g/mol. The van der Waals surface area contributed by atoms with Crippen molar-refractivity contribution in [2.24, 2.45) is 5.73 Å². The molecule has 0 aromatic rings. The Hall–Kier alpha value is -0.0800. The van der Waals surface area contributed by atoms with Crippen LogP contribution in [0, 0.1) is 0 Å². The van der Waals surface area contributed by atoms with E-state index in [1.165, 1.54) is 0 Å². The van der Waals surface area contributed by atoms with Gasteiger partial charge in [0.05, 0.1) is 0 Å². The molecule has 0 radical (unpaired) electrons. The average molecular weight is 144 g/mol. The smallest absolute Gasteiger partial charge is 0.00785 e. The standard InChI is InChI=1S/C8H20N2/c1-7(2)10(4)8(3)5-6-9/h7-8H,5-6,9H2,1-4H3. The molecule has 1 atom stereocenters. The first kappa shape index (κ1) is 9.92. The van der Waals surface area contributed by atoms with Crippen molar-refractivity contribution in [2.75, 3.05) is 13.6 Å². The SMILES string of the molecule is CC(C)N(C)C(C)CCN. The normalized spacial score (nSPS) is 14.7. The lowest BCUT2D eigenvalue weighted by Crippen LogP contribution is -2.36. The first-order valence-corrected chi connectivity index (χ1v) is 4.01. The summed E-state index contributed by atoms with van der Waals surface area (Å²) in [5.41, 5.74) is 5.44. The van der Waals surface area contributed by atoms with Crippen molar-refractivity contribution in [2.45, 2.75) is 39.3 Å². The molecule has 0 heterocycles. The minimum absolute atomic E-state index is 0.616. The summed E-state index contributed by atoms with van der Waals surface area (Å²) in [4.78, 5) is 2.34. The summed E-state index contributed by atoms with van der Waals surface area (Å²) in [6.07, 6.45) is 1.09. The molecular weight excluding hydrogens is 124 g/mol. The predicted octanol–water partition coefficient (Wildman–Crippen LogP) is 1.06. The van der Waals surface area contributed by atoms with Gasteiger partial charge in [0.1, 0.15) is 0 Å². The van der Waals surface area contributed by atoms with E-state index >= 15 is 0 Å². The second kappa shape index (κ2) is 4.69. The van der Waals surface area contributed by atoms with Gasteiger partial charge in [0.25, 0.3) is 0 Å².